The number of hydrogen-bond acceptors (Lipinski definition) is 7. The molecule has 38 heavy (non-hydrogen) atoms. The zero-order valence-electron chi connectivity index (χ0n) is 21.4. The first kappa shape index (κ1) is 26.0. The average molecular weight is 541 g/mol. The summed E-state index contributed by atoms with van der Waals surface area (Å²) in [5.74, 6) is 1.01. The first-order valence-corrected chi connectivity index (χ1v) is 13.9. The average Bonchev–Trinajstić information content (AvgIpc) is 3.61. The molecule has 0 unspecified atom stereocenters. The van der Waals surface area contributed by atoms with Crippen molar-refractivity contribution < 1.29 is 19.1 Å². The lowest BCUT2D eigenvalue weighted by Crippen LogP contribution is -2.45. The molecule has 0 bridgehead atoms. The minimum Gasteiger partial charge on any atom is -0.454 e. The number of carbonyl (C=O) groups excluding carboxylic acids is 2. The second-order valence-electron chi connectivity index (χ2n) is 9.82. The zero-order valence-corrected chi connectivity index (χ0v) is 22.3. The Morgan fingerprint density at radius 3 is 2.68 bits per heavy atom. The molecule has 3 heterocycles. The Kier molecular flexibility index (Phi) is 7.82. The Labute approximate surface area is 223 Å². The van der Waals surface area contributed by atoms with Gasteiger partial charge in [0.1, 0.15) is 11.2 Å². The van der Waals surface area contributed by atoms with E-state index in [1.54, 1.807) is 29.5 Å². The number of aromatic nitrogens is 2. The smallest absolute Gasteiger partial charge is 0.332 e. The number of likely N-dealkylation sites (N-methyl/N-ethyl adjacent to an activating group) is 1. The number of rotatable bonds is 9. The molecule has 1 aromatic carbocycles. The van der Waals surface area contributed by atoms with Crippen molar-refractivity contribution in [3.63, 3.8) is 0 Å². The molecule has 1 aliphatic carbocycles. The van der Waals surface area contributed by atoms with Crippen LogP contribution in [-0.2, 0) is 29.2 Å². The van der Waals surface area contributed by atoms with Crippen LogP contribution in [0.1, 0.15) is 50.5 Å². The molecule has 10 nitrogen and oxygen atoms in total. The summed E-state index contributed by atoms with van der Waals surface area (Å²) in [5.41, 5.74) is 0.456. The largest absolute Gasteiger partial charge is 0.454 e. The van der Waals surface area contributed by atoms with Crippen molar-refractivity contribution in [2.45, 2.75) is 70.6 Å². The minimum absolute atomic E-state index is 0.0929. The van der Waals surface area contributed by atoms with Gasteiger partial charge in [0.05, 0.1) is 5.52 Å². The molecule has 0 atom stereocenters. The Bertz CT molecular complexity index is 1450. The summed E-state index contributed by atoms with van der Waals surface area (Å²) in [5, 5.41) is 4.61. The summed E-state index contributed by atoms with van der Waals surface area (Å²) in [4.78, 5) is 53.7. The first-order valence-electron chi connectivity index (χ1n) is 13.0. The van der Waals surface area contributed by atoms with Crippen LogP contribution in [0.3, 0.4) is 0 Å². The molecule has 3 aromatic rings. The number of nitrogens with zero attached hydrogens (tertiary/aromatic N) is 3. The molecule has 1 aliphatic heterocycles. The summed E-state index contributed by atoms with van der Waals surface area (Å²) in [6.45, 7) is 0.500. The van der Waals surface area contributed by atoms with Gasteiger partial charge in [0.25, 0.3) is 5.56 Å². The summed E-state index contributed by atoms with van der Waals surface area (Å²) < 4.78 is 13.6. The van der Waals surface area contributed by atoms with Crippen molar-refractivity contribution in [1.29, 1.82) is 0 Å². The van der Waals surface area contributed by atoms with E-state index >= 15 is 0 Å². The maximum atomic E-state index is 13.4. The highest BCUT2D eigenvalue weighted by molar-refractivity contribution is 7.17. The van der Waals surface area contributed by atoms with Gasteiger partial charge >= 0.3 is 5.69 Å². The number of ether oxygens (including phenoxy) is 2. The number of amides is 2. The Balaban J connectivity index is 1.23. The second kappa shape index (κ2) is 11.4. The van der Waals surface area contributed by atoms with Crippen LogP contribution in [0.5, 0.6) is 11.5 Å². The predicted molar refractivity (Wildman–Crippen MR) is 144 cm³/mol. The van der Waals surface area contributed by atoms with Gasteiger partial charge in [-0.1, -0.05) is 25.3 Å². The highest BCUT2D eigenvalue weighted by Crippen LogP contribution is 2.32. The Morgan fingerprint density at radius 2 is 1.87 bits per heavy atom. The number of benzene rings is 1. The van der Waals surface area contributed by atoms with Crippen molar-refractivity contribution >= 4 is 33.4 Å². The summed E-state index contributed by atoms with van der Waals surface area (Å²) in [6.07, 6.45) is 5.81. The lowest BCUT2D eigenvalue weighted by atomic mass is 9.94. The van der Waals surface area contributed by atoms with E-state index in [0.717, 1.165) is 35.8 Å². The molecule has 5 rings (SSSR count). The first-order chi connectivity index (χ1) is 18.4. The summed E-state index contributed by atoms with van der Waals surface area (Å²) >= 11 is 1.25. The van der Waals surface area contributed by atoms with Crippen LogP contribution in [-0.4, -0.2) is 45.7 Å². The molecule has 0 saturated heterocycles. The standard InChI is InChI=1S/C27H32N4O6S/c1-29(19-6-3-2-4-7-19)24(33)16-31-20-11-13-38-25(20)26(34)30(27(31)35)12-5-8-23(32)28-15-18-9-10-21-22(14-18)37-17-36-21/h9-11,13-14,19H,2-8,12,15-17H2,1H3,(H,28,32). The lowest BCUT2D eigenvalue weighted by molar-refractivity contribution is -0.133. The fourth-order valence-electron chi connectivity index (χ4n) is 5.14. The van der Waals surface area contributed by atoms with Crippen molar-refractivity contribution in [2.24, 2.45) is 0 Å². The Hall–Kier alpha value is -3.60. The molecular formula is C27H32N4O6S. The fourth-order valence-corrected chi connectivity index (χ4v) is 5.98. The normalized spacial score (nSPS) is 15.1. The second-order valence-corrected chi connectivity index (χ2v) is 10.7. The van der Waals surface area contributed by atoms with Gasteiger partial charge in [0.2, 0.25) is 18.6 Å². The van der Waals surface area contributed by atoms with Crippen molar-refractivity contribution in [3.8, 4) is 11.5 Å². The quantitative estimate of drug-likeness (QED) is 0.447. The maximum absolute atomic E-state index is 13.4. The lowest BCUT2D eigenvalue weighted by Gasteiger charge is -2.31. The number of nitrogens with one attached hydrogen (secondary N) is 1. The summed E-state index contributed by atoms with van der Waals surface area (Å²) in [7, 11) is 1.80. The van der Waals surface area contributed by atoms with Crippen LogP contribution < -0.4 is 26.0 Å². The van der Waals surface area contributed by atoms with Crippen LogP contribution in [0.4, 0.5) is 0 Å². The van der Waals surface area contributed by atoms with E-state index in [2.05, 4.69) is 5.32 Å². The molecule has 2 aromatic heterocycles. The molecule has 2 amide bonds. The molecule has 11 heteroatoms. The van der Waals surface area contributed by atoms with Crippen LogP contribution in [0.25, 0.3) is 10.2 Å². The van der Waals surface area contributed by atoms with E-state index in [9.17, 15) is 19.2 Å². The molecule has 2 aliphatic rings. The molecule has 1 saturated carbocycles. The van der Waals surface area contributed by atoms with Gasteiger partial charge in [-0.15, -0.1) is 11.3 Å². The van der Waals surface area contributed by atoms with Crippen molar-refractivity contribution in [2.75, 3.05) is 13.8 Å². The third-order valence-corrected chi connectivity index (χ3v) is 8.25. The van der Waals surface area contributed by atoms with Gasteiger partial charge in [-0.25, -0.2) is 4.79 Å². The molecule has 0 spiro atoms. The van der Waals surface area contributed by atoms with Gasteiger partial charge in [-0.05, 0) is 48.4 Å². The van der Waals surface area contributed by atoms with Crippen LogP contribution >= 0.6 is 11.3 Å². The molecule has 202 valence electrons. The topological polar surface area (TPSA) is 112 Å². The maximum Gasteiger partial charge on any atom is 0.332 e. The van der Waals surface area contributed by atoms with E-state index in [1.807, 2.05) is 12.1 Å². The third-order valence-electron chi connectivity index (χ3n) is 7.36. The number of fused-ring (bicyclic) bond motifs is 2. The zero-order chi connectivity index (χ0) is 26.6. The van der Waals surface area contributed by atoms with Gasteiger partial charge in [0, 0.05) is 32.6 Å². The van der Waals surface area contributed by atoms with E-state index in [1.165, 1.54) is 22.3 Å². The molecule has 1 fully saturated rings. The van der Waals surface area contributed by atoms with Crippen LogP contribution in [0.2, 0.25) is 0 Å². The number of thiophene rings is 1. The molecular weight excluding hydrogens is 508 g/mol. The van der Waals surface area contributed by atoms with Crippen LogP contribution in [0, 0.1) is 0 Å². The fraction of sp³-hybridized carbons (Fsp3) is 0.481. The van der Waals surface area contributed by atoms with Gasteiger partial charge in [-0.2, -0.15) is 0 Å². The third kappa shape index (κ3) is 5.47. The van der Waals surface area contributed by atoms with E-state index in [0.29, 0.717) is 34.7 Å². The van der Waals surface area contributed by atoms with E-state index in [-0.39, 0.29) is 49.7 Å². The highest BCUT2D eigenvalue weighted by atomic mass is 32.1. The van der Waals surface area contributed by atoms with E-state index < -0.39 is 5.69 Å². The van der Waals surface area contributed by atoms with Crippen molar-refractivity contribution in [3.05, 3.63) is 56.0 Å². The van der Waals surface area contributed by atoms with Crippen molar-refractivity contribution in [1.82, 2.24) is 19.4 Å². The number of hydrogen-bond donors (Lipinski definition) is 1. The Morgan fingerprint density at radius 1 is 1.08 bits per heavy atom. The number of carbonyl (C=O) groups is 2. The minimum atomic E-state index is -0.521. The predicted octanol–water partition coefficient (Wildman–Crippen LogP) is 2.84. The van der Waals surface area contributed by atoms with E-state index in [4.69, 9.17) is 9.47 Å². The van der Waals surface area contributed by atoms with Gasteiger partial charge in [-0.3, -0.25) is 23.5 Å². The van der Waals surface area contributed by atoms with Gasteiger partial charge < -0.3 is 19.7 Å². The summed E-state index contributed by atoms with van der Waals surface area (Å²) in [6, 6.07) is 7.39. The van der Waals surface area contributed by atoms with Crippen LogP contribution in [0.15, 0.2) is 39.2 Å². The molecule has 1 N–H and O–H groups in total. The SMILES string of the molecule is CN(C(=O)Cn1c(=O)n(CCCC(=O)NCc2ccc3c(c2)OCO3)c(=O)c2sccc21)C1CCCCC1. The highest BCUT2D eigenvalue weighted by Gasteiger charge is 2.24. The molecule has 0 radical (unpaired) electrons. The van der Waals surface area contributed by atoms with Gasteiger partial charge in [0.15, 0.2) is 11.5 Å². The monoisotopic (exact) mass is 540 g/mol.